The van der Waals surface area contributed by atoms with Crippen molar-refractivity contribution >= 4 is 33.7 Å². The van der Waals surface area contributed by atoms with E-state index in [0.29, 0.717) is 0 Å². The Kier molecular flexibility index (Phi) is 5.09. The van der Waals surface area contributed by atoms with E-state index < -0.39 is 0 Å². The molecule has 0 amide bonds. The molecule has 9 heteroatoms. The highest BCUT2D eigenvalue weighted by Crippen LogP contribution is 2.17. The second-order valence-electron chi connectivity index (χ2n) is 6.65. The van der Waals surface area contributed by atoms with Crippen molar-refractivity contribution in [2.75, 3.05) is 52.1 Å². The molecule has 4 rings (SSSR count). The number of aromatic amines is 2. The van der Waals surface area contributed by atoms with E-state index in [-0.39, 0.29) is 5.69 Å². The van der Waals surface area contributed by atoms with Crippen LogP contribution in [0.5, 0.6) is 0 Å². The third kappa shape index (κ3) is 4.00. The molecule has 1 aromatic heterocycles. The summed E-state index contributed by atoms with van der Waals surface area (Å²) in [5.74, 6) is 0.764. The van der Waals surface area contributed by atoms with Gasteiger partial charge >= 0.3 is 5.69 Å². The summed E-state index contributed by atoms with van der Waals surface area (Å²) in [6.07, 6.45) is 0. The first kappa shape index (κ1) is 17.3. The van der Waals surface area contributed by atoms with Gasteiger partial charge in [0.15, 0.2) is 5.17 Å². The maximum absolute atomic E-state index is 11.4. The zero-order valence-electron chi connectivity index (χ0n) is 14.8. The highest BCUT2D eigenvalue weighted by molar-refractivity contribution is 8.14. The first-order valence-corrected chi connectivity index (χ1v) is 9.80. The topological polar surface area (TPSA) is 91.9 Å². The first-order chi connectivity index (χ1) is 12.7. The van der Waals surface area contributed by atoms with Gasteiger partial charge in [-0.2, -0.15) is 5.10 Å². The van der Waals surface area contributed by atoms with Crippen LogP contribution in [0.15, 0.2) is 33.2 Å². The molecule has 0 unspecified atom stereocenters. The smallest absolute Gasteiger partial charge is 0.323 e. The van der Waals surface area contributed by atoms with E-state index >= 15 is 0 Å². The number of nitrogens with zero attached hydrogens (tertiary/aromatic N) is 4. The highest BCUT2D eigenvalue weighted by Gasteiger charge is 2.15. The van der Waals surface area contributed by atoms with Gasteiger partial charge in [0.2, 0.25) is 0 Å². The van der Waals surface area contributed by atoms with Gasteiger partial charge in [0.05, 0.1) is 16.7 Å². The van der Waals surface area contributed by atoms with Gasteiger partial charge in [0.25, 0.3) is 0 Å². The quantitative estimate of drug-likeness (QED) is 0.726. The van der Waals surface area contributed by atoms with Crippen molar-refractivity contribution in [1.82, 2.24) is 25.1 Å². The summed E-state index contributed by atoms with van der Waals surface area (Å²) >= 11 is 1.67. The number of thioether (sulfide) groups is 1. The predicted octanol–water partition coefficient (Wildman–Crippen LogP) is 0.500. The van der Waals surface area contributed by atoms with Crippen LogP contribution in [0, 0.1) is 0 Å². The molecule has 0 aliphatic carbocycles. The van der Waals surface area contributed by atoms with E-state index in [1.54, 1.807) is 11.8 Å². The van der Waals surface area contributed by atoms with Crippen LogP contribution in [0.2, 0.25) is 0 Å². The van der Waals surface area contributed by atoms with Crippen LogP contribution >= 0.6 is 11.8 Å². The van der Waals surface area contributed by atoms with E-state index in [4.69, 9.17) is 0 Å². The summed E-state index contributed by atoms with van der Waals surface area (Å²) in [6.45, 7) is 6.45. The molecule has 1 aromatic carbocycles. The third-order valence-electron chi connectivity index (χ3n) is 4.76. The van der Waals surface area contributed by atoms with Crippen LogP contribution < -0.4 is 11.0 Å². The average Bonchev–Trinajstić information content (AvgIpc) is 3.03. The van der Waals surface area contributed by atoms with Gasteiger partial charge in [-0.05, 0) is 19.2 Å². The fourth-order valence-corrected chi connectivity index (χ4v) is 3.93. The standard InChI is InChI=1S/C17H23N7OS/c1-23-6-8-24(9-7-23)5-4-18-17-22-21-15(11-26-17)12-2-3-13-14(10-12)20-16(25)19-13/h2-3,10H,4-9,11H2,1H3,(H,18,22)(H2,19,20,25). The van der Waals surface area contributed by atoms with E-state index in [9.17, 15) is 4.79 Å². The molecule has 0 radical (unpaired) electrons. The Morgan fingerprint density at radius 1 is 1.15 bits per heavy atom. The number of nitrogens with one attached hydrogen (secondary N) is 3. The van der Waals surface area contributed by atoms with Gasteiger partial charge in [-0.3, -0.25) is 4.90 Å². The number of likely N-dealkylation sites (N-methyl/N-ethyl adjacent to an activating group) is 1. The molecule has 1 fully saturated rings. The maximum Gasteiger partial charge on any atom is 0.323 e. The molecule has 0 saturated carbocycles. The monoisotopic (exact) mass is 373 g/mol. The van der Waals surface area contributed by atoms with Crippen molar-refractivity contribution in [3.05, 3.63) is 34.2 Å². The summed E-state index contributed by atoms with van der Waals surface area (Å²) in [5.41, 5.74) is 3.31. The Balaban J connectivity index is 1.33. The zero-order valence-corrected chi connectivity index (χ0v) is 15.6. The van der Waals surface area contributed by atoms with Gasteiger partial charge < -0.3 is 20.2 Å². The Hall–Kier alpha value is -2.10. The molecule has 3 N–H and O–H groups in total. The van der Waals surface area contributed by atoms with E-state index in [1.165, 1.54) is 0 Å². The minimum Gasteiger partial charge on any atom is -0.362 e. The second-order valence-corrected chi connectivity index (χ2v) is 7.62. The lowest BCUT2D eigenvalue weighted by molar-refractivity contribution is 0.156. The van der Waals surface area contributed by atoms with E-state index in [1.807, 2.05) is 18.2 Å². The van der Waals surface area contributed by atoms with E-state index in [0.717, 1.165) is 72.5 Å². The summed E-state index contributed by atoms with van der Waals surface area (Å²) in [4.78, 5) is 21.7. The molecular formula is C17H23N7OS. The molecule has 26 heavy (non-hydrogen) atoms. The SMILES string of the molecule is CN1CCN(CCNC2=NN=C(c3ccc4[nH]c(=O)[nH]c4c3)CS2)CC1. The van der Waals surface area contributed by atoms with Crippen molar-refractivity contribution in [1.29, 1.82) is 0 Å². The molecule has 1 saturated heterocycles. The Morgan fingerprint density at radius 3 is 2.73 bits per heavy atom. The van der Waals surface area contributed by atoms with Crippen LogP contribution in [-0.2, 0) is 0 Å². The molecule has 2 aromatic rings. The van der Waals surface area contributed by atoms with Gasteiger partial charge in [0, 0.05) is 50.6 Å². The Bertz CT molecular complexity index is 892. The molecule has 0 spiro atoms. The number of amidine groups is 1. The van der Waals surface area contributed by atoms with Crippen LogP contribution in [0.4, 0.5) is 0 Å². The summed E-state index contributed by atoms with van der Waals surface area (Å²) < 4.78 is 0. The lowest BCUT2D eigenvalue weighted by Gasteiger charge is -2.32. The van der Waals surface area contributed by atoms with Crippen molar-refractivity contribution < 1.29 is 0 Å². The molecule has 0 atom stereocenters. The lowest BCUT2D eigenvalue weighted by Crippen LogP contribution is -2.46. The Morgan fingerprint density at radius 2 is 1.96 bits per heavy atom. The van der Waals surface area contributed by atoms with Gasteiger partial charge in [-0.15, -0.1) is 5.10 Å². The van der Waals surface area contributed by atoms with Gasteiger partial charge in [-0.25, -0.2) is 4.79 Å². The summed E-state index contributed by atoms with van der Waals surface area (Å²) in [7, 11) is 2.17. The van der Waals surface area contributed by atoms with Crippen LogP contribution in [0.25, 0.3) is 11.0 Å². The number of piperazine rings is 1. The molecule has 8 nitrogen and oxygen atoms in total. The average molecular weight is 373 g/mol. The maximum atomic E-state index is 11.4. The number of hydrogen-bond donors (Lipinski definition) is 3. The van der Waals surface area contributed by atoms with Crippen molar-refractivity contribution in [2.24, 2.45) is 10.2 Å². The summed E-state index contributed by atoms with van der Waals surface area (Å²) in [5, 5.41) is 12.9. The number of rotatable bonds is 4. The lowest BCUT2D eigenvalue weighted by atomic mass is 10.1. The number of aromatic nitrogens is 2. The second kappa shape index (κ2) is 7.65. The number of fused-ring (bicyclic) bond motifs is 1. The Labute approximate surface area is 155 Å². The van der Waals surface area contributed by atoms with Crippen LogP contribution in [0.1, 0.15) is 5.56 Å². The molecule has 3 heterocycles. The van der Waals surface area contributed by atoms with Gasteiger partial charge in [-0.1, -0.05) is 17.8 Å². The molecule has 0 bridgehead atoms. The fraction of sp³-hybridized carbons (Fsp3) is 0.471. The molecular weight excluding hydrogens is 350 g/mol. The van der Waals surface area contributed by atoms with E-state index in [2.05, 4.69) is 42.3 Å². The number of imidazole rings is 1. The molecule has 138 valence electrons. The minimum absolute atomic E-state index is 0.193. The predicted molar refractivity (Wildman–Crippen MR) is 107 cm³/mol. The molecule has 2 aliphatic heterocycles. The fourth-order valence-electron chi connectivity index (χ4n) is 3.13. The zero-order chi connectivity index (χ0) is 17.9. The normalized spacial score (nSPS) is 19.4. The number of hydrogen-bond acceptors (Lipinski definition) is 7. The van der Waals surface area contributed by atoms with Crippen molar-refractivity contribution in [3.63, 3.8) is 0 Å². The van der Waals surface area contributed by atoms with Crippen molar-refractivity contribution in [2.45, 2.75) is 0 Å². The van der Waals surface area contributed by atoms with Crippen molar-refractivity contribution in [3.8, 4) is 0 Å². The van der Waals surface area contributed by atoms with Crippen LogP contribution in [0.3, 0.4) is 0 Å². The first-order valence-electron chi connectivity index (χ1n) is 8.82. The molecule has 2 aliphatic rings. The summed E-state index contributed by atoms with van der Waals surface area (Å²) in [6, 6.07) is 5.80. The highest BCUT2D eigenvalue weighted by atomic mass is 32.2. The minimum atomic E-state index is -0.193. The number of benzene rings is 1. The van der Waals surface area contributed by atoms with Crippen LogP contribution in [-0.4, -0.2) is 82.7 Å². The largest absolute Gasteiger partial charge is 0.362 e. The van der Waals surface area contributed by atoms with Gasteiger partial charge in [0.1, 0.15) is 0 Å². The third-order valence-corrected chi connectivity index (χ3v) is 5.67. The number of H-pyrrole nitrogens is 2.